The summed E-state index contributed by atoms with van der Waals surface area (Å²) in [7, 11) is 0. The van der Waals surface area contributed by atoms with Crippen molar-refractivity contribution in [2.45, 2.75) is 38.5 Å². The Hall–Kier alpha value is -1.14. The van der Waals surface area contributed by atoms with E-state index in [1.807, 2.05) is 38.1 Å². The highest BCUT2D eigenvalue weighted by Gasteiger charge is 2.24. The van der Waals surface area contributed by atoms with Crippen molar-refractivity contribution in [3.8, 4) is 0 Å². The van der Waals surface area contributed by atoms with Crippen LogP contribution in [0.3, 0.4) is 0 Å². The van der Waals surface area contributed by atoms with Gasteiger partial charge >= 0.3 is 5.97 Å². The molecule has 23 heavy (non-hydrogen) atoms. The van der Waals surface area contributed by atoms with E-state index in [0.29, 0.717) is 11.5 Å². The highest BCUT2D eigenvalue weighted by Crippen LogP contribution is 2.15. The average molecular weight is 356 g/mol. The van der Waals surface area contributed by atoms with Gasteiger partial charge in [-0.25, -0.2) is 4.79 Å². The summed E-state index contributed by atoms with van der Waals surface area (Å²) in [6.45, 7) is 4.02. The topological polar surface area (TPSA) is 66.4 Å². The molecule has 2 atom stereocenters. The van der Waals surface area contributed by atoms with Gasteiger partial charge in [0, 0.05) is 23.2 Å². The maximum Gasteiger partial charge on any atom is 0.327 e. The number of hydrogen-bond donors (Lipinski definition) is 3. The minimum absolute atomic E-state index is 0.217. The summed E-state index contributed by atoms with van der Waals surface area (Å²) in [6, 6.07) is 7.28. The molecule has 0 heterocycles. The molecule has 128 valence electrons. The molecule has 1 aromatic rings. The molecular weight excluding hydrogens is 330 g/mol. The van der Waals surface area contributed by atoms with Crippen molar-refractivity contribution >= 4 is 36.3 Å². The quantitative estimate of drug-likeness (QED) is 0.564. The predicted molar refractivity (Wildman–Crippen MR) is 99.2 cm³/mol. The number of benzene rings is 1. The van der Waals surface area contributed by atoms with Crippen molar-refractivity contribution in [3.05, 3.63) is 35.4 Å². The molecule has 0 unspecified atom stereocenters. The van der Waals surface area contributed by atoms with Gasteiger partial charge in [0.05, 0.1) is 0 Å². The van der Waals surface area contributed by atoms with E-state index < -0.39 is 12.0 Å². The average Bonchev–Trinajstić information content (AvgIpc) is 2.53. The van der Waals surface area contributed by atoms with Gasteiger partial charge in [0.1, 0.15) is 6.04 Å². The number of amides is 1. The van der Waals surface area contributed by atoms with Crippen LogP contribution in [0, 0.1) is 12.8 Å². The number of carboxylic acid groups (broad SMARTS) is 1. The Kier molecular flexibility index (Phi) is 9.17. The summed E-state index contributed by atoms with van der Waals surface area (Å²) in [5, 5.41) is 11.9. The lowest BCUT2D eigenvalue weighted by Crippen LogP contribution is -2.45. The number of carboxylic acids is 1. The Morgan fingerprint density at radius 3 is 2.48 bits per heavy atom. The van der Waals surface area contributed by atoms with E-state index in [1.54, 1.807) is 0 Å². The zero-order valence-electron chi connectivity index (χ0n) is 13.6. The van der Waals surface area contributed by atoms with Crippen molar-refractivity contribution in [1.29, 1.82) is 0 Å². The van der Waals surface area contributed by atoms with Gasteiger partial charge in [-0.05, 0) is 18.9 Å². The van der Waals surface area contributed by atoms with Crippen molar-refractivity contribution < 1.29 is 14.7 Å². The summed E-state index contributed by atoms with van der Waals surface area (Å²) in [5.74, 6) is 0.0648. The Morgan fingerprint density at radius 1 is 1.30 bits per heavy atom. The van der Waals surface area contributed by atoms with E-state index in [0.717, 1.165) is 24.2 Å². The lowest BCUT2D eigenvalue weighted by atomic mass is 10.0. The summed E-state index contributed by atoms with van der Waals surface area (Å²) in [5.41, 5.74) is 2.35. The van der Waals surface area contributed by atoms with Crippen LogP contribution in [0.15, 0.2) is 24.3 Å². The first-order chi connectivity index (χ1) is 11.0. The van der Waals surface area contributed by atoms with E-state index in [-0.39, 0.29) is 11.8 Å². The van der Waals surface area contributed by atoms with Crippen LogP contribution in [-0.4, -0.2) is 34.5 Å². The maximum atomic E-state index is 12.1. The molecule has 1 rings (SSSR count). The van der Waals surface area contributed by atoms with Crippen LogP contribution in [0.2, 0.25) is 0 Å². The Balaban J connectivity index is 2.50. The van der Waals surface area contributed by atoms with Crippen LogP contribution in [0.5, 0.6) is 0 Å². The van der Waals surface area contributed by atoms with Crippen LogP contribution in [0.25, 0.3) is 0 Å². The number of carbonyl (C=O) groups is 2. The van der Waals surface area contributed by atoms with Gasteiger partial charge in [-0.1, -0.05) is 43.2 Å². The number of thiol groups is 1. The number of aliphatic carboxylic acids is 1. The van der Waals surface area contributed by atoms with E-state index in [4.69, 9.17) is 0 Å². The zero-order chi connectivity index (χ0) is 17.2. The molecule has 0 aromatic heterocycles. The van der Waals surface area contributed by atoms with E-state index in [1.165, 1.54) is 17.3 Å². The van der Waals surface area contributed by atoms with Gasteiger partial charge in [-0.2, -0.15) is 24.4 Å². The molecule has 1 amide bonds. The third-order valence-corrected chi connectivity index (χ3v) is 5.06. The van der Waals surface area contributed by atoms with Gasteiger partial charge in [-0.3, -0.25) is 4.79 Å². The molecule has 0 saturated carbocycles. The molecule has 0 bridgehead atoms. The second kappa shape index (κ2) is 10.6. The molecule has 0 spiro atoms. The molecule has 0 radical (unpaired) electrons. The van der Waals surface area contributed by atoms with Crippen molar-refractivity contribution in [3.63, 3.8) is 0 Å². The summed E-state index contributed by atoms with van der Waals surface area (Å²) >= 11 is 5.68. The third kappa shape index (κ3) is 7.31. The molecule has 6 heteroatoms. The van der Waals surface area contributed by atoms with Crippen LogP contribution in [0.4, 0.5) is 0 Å². The van der Waals surface area contributed by atoms with Crippen molar-refractivity contribution in [1.82, 2.24) is 5.32 Å². The van der Waals surface area contributed by atoms with Gasteiger partial charge in [0.2, 0.25) is 5.91 Å². The Morgan fingerprint density at radius 2 is 1.96 bits per heavy atom. The molecule has 4 nitrogen and oxygen atoms in total. The zero-order valence-corrected chi connectivity index (χ0v) is 15.3. The summed E-state index contributed by atoms with van der Waals surface area (Å²) in [4.78, 5) is 23.5. The van der Waals surface area contributed by atoms with Crippen molar-refractivity contribution in [2.24, 2.45) is 5.92 Å². The first-order valence-electron chi connectivity index (χ1n) is 7.75. The third-order valence-electron chi connectivity index (χ3n) is 3.52. The van der Waals surface area contributed by atoms with E-state index in [2.05, 4.69) is 17.9 Å². The van der Waals surface area contributed by atoms with Crippen LogP contribution in [0.1, 0.15) is 30.9 Å². The predicted octanol–water partition coefficient (Wildman–Crippen LogP) is 3.14. The number of aryl methyl sites for hydroxylation is 1. The normalized spacial score (nSPS) is 13.3. The molecule has 0 aliphatic heterocycles. The van der Waals surface area contributed by atoms with Crippen LogP contribution < -0.4 is 5.32 Å². The van der Waals surface area contributed by atoms with E-state index >= 15 is 0 Å². The first-order valence-corrected chi connectivity index (χ1v) is 9.54. The van der Waals surface area contributed by atoms with Crippen LogP contribution in [-0.2, 0) is 15.3 Å². The minimum Gasteiger partial charge on any atom is -0.480 e. The lowest BCUT2D eigenvalue weighted by molar-refractivity contribution is -0.141. The molecule has 0 fully saturated rings. The molecular formula is C17H25NO3S2. The largest absolute Gasteiger partial charge is 0.480 e. The fraction of sp³-hybridized carbons (Fsp3) is 0.529. The monoisotopic (exact) mass is 355 g/mol. The van der Waals surface area contributed by atoms with Gasteiger partial charge in [0.25, 0.3) is 0 Å². The molecule has 0 saturated heterocycles. The van der Waals surface area contributed by atoms with E-state index in [9.17, 15) is 14.7 Å². The summed E-state index contributed by atoms with van der Waals surface area (Å²) in [6.07, 6.45) is 1.59. The van der Waals surface area contributed by atoms with Gasteiger partial charge in [-0.15, -0.1) is 0 Å². The molecule has 2 N–H and O–H groups in total. The number of nitrogens with one attached hydrogen (secondary N) is 1. The number of hydrogen-bond acceptors (Lipinski definition) is 4. The van der Waals surface area contributed by atoms with Gasteiger partial charge < -0.3 is 10.4 Å². The second-order valence-electron chi connectivity index (χ2n) is 5.57. The highest BCUT2D eigenvalue weighted by atomic mass is 32.2. The fourth-order valence-corrected chi connectivity index (χ4v) is 3.45. The first kappa shape index (κ1) is 19.9. The van der Waals surface area contributed by atoms with Crippen molar-refractivity contribution in [2.75, 3.05) is 11.5 Å². The highest BCUT2D eigenvalue weighted by molar-refractivity contribution is 7.98. The summed E-state index contributed by atoms with van der Waals surface area (Å²) < 4.78 is 0. The maximum absolute atomic E-state index is 12.1. The molecule has 0 aliphatic carbocycles. The van der Waals surface area contributed by atoms with Crippen LogP contribution >= 0.6 is 24.4 Å². The lowest BCUT2D eigenvalue weighted by Gasteiger charge is -2.18. The number of thioether (sulfide) groups is 1. The Labute approximate surface area is 147 Å². The minimum atomic E-state index is -0.996. The second-order valence-corrected chi connectivity index (χ2v) is 6.96. The molecule has 1 aromatic carbocycles. The number of rotatable bonds is 10. The number of carbonyl (C=O) groups excluding carboxylic acids is 1. The smallest absolute Gasteiger partial charge is 0.327 e. The molecule has 0 aliphatic rings. The Bertz CT molecular complexity index is 505. The van der Waals surface area contributed by atoms with Gasteiger partial charge in [0.15, 0.2) is 0 Å². The standard InChI is InChI=1S/C17H25NO3S2/c1-3-4-14(9-22)16(19)18-15(17(20)21)11-23-10-13-7-5-12(2)6-8-13/h5-8,14-15,22H,3-4,9-11H2,1-2H3,(H,18,19)(H,20,21)/t14-,15+/m1/s1. The SMILES string of the molecule is CCC[C@H](CS)C(=O)N[C@@H](CSCc1ccc(C)cc1)C(=O)O. The fourth-order valence-electron chi connectivity index (χ4n) is 2.10.